The summed E-state index contributed by atoms with van der Waals surface area (Å²) in [5.41, 5.74) is 0.783. The third-order valence-corrected chi connectivity index (χ3v) is 5.44. The van der Waals surface area contributed by atoms with Crippen molar-refractivity contribution in [1.29, 1.82) is 0 Å². The van der Waals surface area contributed by atoms with Crippen LogP contribution < -0.4 is 4.90 Å². The van der Waals surface area contributed by atoms with E-state index in [1.807, 2.05) is 13.1 Å². The Hall–Kier alpha value is -1.51. The maximum absolute atomic E-state index is 12.7. The first-order chi connectivity index (χ1) is 10.1. The quantitative estimate of drug-likeness (QED) is 0.894. The summed E-state index contributed by atoms with van der Waals surface area (Å²) in [7, 11) is 1.82. The van der Waals surface area contributed by atoms with E-state index in [1.54, 1.807) is 23.1 Å². The Labute approximate surface area is 127 Å². The Bertz CT molecular complexity index is 514. The van der Waals surface area contributed by atoms with Gasteiger partial charge in [0.05, 0.1) is 0 Å². The van der Waals surface area contributed by atoms with Gasteiger partial charge in [0, 0.05) is 24.7 Å². The molecule has 0 saturated heterocycles. The fraction of sp³-hybridized carbons (Fsp3) is 0.611. The highest BCUT2D eigenvalue weighted by Gasteiger charge is 2.36. The molecule has 0 aromatic heterocycles. The number of phenols is 1. The van der Waals surface area contributed by atoms with Crippen molar-refractivity contribution < 1.29 is 9.90 Å². The van der Waals surface area contributed by atoms with Crippen molar-refractivity contribution in [1.82, 2.24) is 0 Å². The lowest BCUT2D eigenvalue weighted by atomic mass is 9.67. The minimum atomic E-state index is 0.164. The van der Waals surface area contributed by atoms with Crippen LogP contribution in [0.1, 0.15) is 44.9 Å². The molecule has 21 heavy (non-hydrogen) atoms. The van der Waals surface area contributed by atoms with Crippen LogP contribution in [0.25, 0.3) is 0 Å². The monoisotopic (exact) mass is 287 g/mol. The normalized spacial score (nSPS) is 28.7. The molecule has 2 aliphatic rings. The van der Waals surface area contributed by atoms with E-state index in [0.29, 0.717) is 0 Å². The van der Waals surface area contributed by atoms with Crippen LogP contribution in [0.2, 0.25) is 0 Å². The van der Waals surface area contributed by atoms with Crippen LogP contribution in [-0.2, 0) is 4.79 Å². The molecular weight excluding hydrogens is 262 g/mol. The van der Waals surface area contributed by atoms with Gasteiger partial charge in [-0.15, -0.1) is 0 Å². The van der Waals surface area contributed by atoms with E-state index >= 15 is 0 Å². The topological polar surface area (TPSA) is 40.5 Å². The molecular formula is C18H25NO2. The van der Waals surface area contributed by atoms with Crippen molar-refractivity contribution >= 4 is 11.6 Å². The Morgan fingerprint density at radius 1 is 1.14 bits per heavy atom. The van der Waals surface area contributed by atoms with Gasteiger partial charge in [0.1, 0.15) is 5.75 Å². The number of benzene rings is 1. The lowest BCUT2D eigenvalue weighted by Crippen LogP contribution is -2.38. The van der Waals surface area contributed by atoms with Gasteiger partial charge < -0.3 is 10.0 Å². The van der Waals surface area contributed by atoms with E-state index in [-0.39, 0.29) is 17.6 Å². The standard InChI is InChI=1S/C18H25NO2/c1-19(16-7-4-8-17(20)12-16)18(21)15-10-9-13-5-2-3-6-14(13)11-15/h4,7-8,12-15,20H,2-3,5-6,9-11H2,1H3. The number of carbonyl (C=O) groups is 1. The minimum Gasteiger partial charge on any atom is -0.508 e. The molecule has 3 nitrogen and oxygen atoms in total. The van der Waals surface area contributed by atoms with Crippen LogP contribution in [0.15, 0.2) is 24.3 Å². The fourth-order valence-corrected chi connectivity index (χ4v) is 4.20. The number of hydrogen-bond donors (Lipinski definition) is 1. The summed E-state index contributed by atoms with van der Waals surface area (Å²) >= 11 is 0. The highest BCUT2D eigenvalue weighted by Crippen LogP contribution is 2.43. The molecule has 3 heteroatoms. The van der Waals surface area contributed by atoms with Gasteiger partial charge in [-0.25, -0.2) is 0 Å². The predicted molar refractivity (Wildman–Crippen MR) is 84.3 cm³/mol. The second-order valence-corrected chi connectivity index (χ2v) is 6.73. The summed E-state index contributed by atoms with van der Waals surface area (Å²) in [4.78, 5) is 14.4. The molecule has 2 fully saturated rings. The van der Waals surface area contributed by atoms with E-state index in [0.717, 1.165) is 30.4 Å². The number of hydrogen-bond acceptors (Lipinski definition) is 2. The second-order valence-electron chi connectivity index (χ2n) is 6.73. The van der Waals surface area contributed by atoms with Gasteiger partial charge in [0.15, 0.2) is 0 Å². The summed E-state index contributed by atoms with van der Waals surface area (Å²) in [6.45, 7) is 0. The predicted octanol–water partition coefficient (Wildman–Crippen LogP) is 3.96. The summed E-state index contributed by atoms with van der Waals surface area (Å²) < 4.78 is 0. The van der Waals surface area contributed by atoms with Gasteiger partial charge in [-0.05, 0) is 43.2 Å². The molecule has 0 heterocycles. The zero-order valence-electron chi connectivity index (χ0n) is 12.8. The zero-order valence-corrected chi connectivity index (χ0v) is 12.8. The summed E-state index contributed by atoms with van der Waals surface area (Å²) in [5, 5.41) is 9.57. The van der Waals surface area contributed by atoms with Crippen LogP contribution in [0, 0.1) is 17.8 Å². The number of phenolic OH excluding ortho intramolecular Hbond substituents is 1. The number of carbonyl (C=O) groups excluding carboxylic acids is 1. The Balaban J connectivity index is 1.67. The molecule has 1 aromatic carbocycles. The minimum absolute atomic E-state index is 0.164. The molecule has 0 spiro atoms. The van der Waals surface area contributed by atoms with Gasteiger partial charge >= 0.3 is 0 Å². The van der Waals surface area contributed by atoms with E-state index in [9.17, 15) is 9.90 Å². The number of amides is 1. The molecule has 1 amide bonds. The molecule has 1 aromatic rings. The van der Waals surface area contributed by atoms with Crippen LogP contribution >= 0.6 is 0 Å². The van der Waals surface area contributed by atoms with E-state index < -0.39 is 0 Å². The summed E-state index contributed by atoms with van der Waals surface area (Å²) in [6.07, 6.45) is 8.70. The van der Waals surface area contributed by atoms with Crippen LogP contribution in [0.4, 0.5) is 5.69 Å². The van der Waals surface area contributed by atoms with Crippen molar-refractivity contribution in [3.63, 3.8) is 0 Å². The molecule has 0 bridgehead atoms. The molecule has 114 valence electrons. The third kappa shape index (κ3) is 3.07. The van der Waals surface area contributed by atoms with Crippen LogP contribution in [-0.4, -0.2) is 18.1 Å². The largest absolute Gasteiger partial charge is 0.508 e. The number of anilines is 1. The van der Waals surface area contributed by atoms with Gasteiger partial charge in [-0.1, -0.05) is 31.7 Å². The number of nitrogens with zero attached hydrogens (tertiary/aromatic N) is 1. The Morgan fingerprint density at radius 2 is 1.90 bits per heavy atom. The number of rotatable bonds is 2. The van der Waals surface area contributed by atoms with Crippen LogP contribution in [0.3, 0.4) is 0 Å². The lowest BCUT2D eigenvalue weighted by molar-refractivity contribution is -0.124. The van der Waals surface area contributed by atoms with Crippen molar-refractivity contribution in [2.24, 2.45) is 17.8 Å². The maximum atomic E-state index is 12.7. The Kier molecular flexibility index (Phi) is 4.18. The van der Waals surface area contributed by atoms with E-state index in [1.165, 1.54) is 32.1 Å². The Morgan fingerprint density at radius 3 is 2.67 bits per heavy atom. The first-order valence-electron chi connectivity index (χ1n) is 8.22. The molecule has 1 N–H and O–H groups in total. The van der Waals surface area contributed by atoms with Crippen molar-refractivity contribution in [3.8, 4) is 5.75 Å². The van der Waals surface area contributed by atoms with Crippen molar-refractivity contribution in [2.45, 2.75) is 44.9 Å². The molecule has 2 aliphatic carbocycles. The van der Waals surface area contributed by atoms with Crippen molar-refractivity contribution in [3.05, 3.63) is 24.3 Å². The average Bonchev–Trinajstić information content (AvgIpc) is 2.53. The second kappa shape index (κ2) is 6.08. The van der Waals surface area contributed by atoms with E-state index in [4.69, 9.17) is 0 Å². The van der Waals surface area contributed by atoms with Gasteiger partial charge in [0.25, 0.3) is 0 Å². The van der Waals surface area contributed by atoms with E-state index in [2.05, 4.69) is 0 Å². The average molecular weight is 287 g/mol. The molecule has 3 unspecified atom stereocenters. The molecule has 0 radical (unpaired) electrons. The molecule has 3 atom stereocenters. The molecule has 0 aliphatic heterocycles. The SMILES string of the molecule is CN(C(=O)C1CCC2CCCCC2C1)c1cccc(O)c1. The highest BCUT2D eigenvalue weighted by atomic mass is 16.3. The highest BCUT2D eigenvalue weighted by molar-refractivity contribution is 5.94. The first-order valence-corrected chi connectivity index (χ1v) is 8.22. The van der Waals surface area contributed by atoms with Gasteiger partial charge in [0.2, 0.25) is 5.91 Å². The lowest BCUT2D eigenvalue weighted by Gasteiger charge is -2.39. The first kappa shape index (κ1) is 14.4. The fourth-order valence-electron chi connectivity index (χ4n) is 4.20. The molecule has 3 rings (SSSR count). The van der Waals surface area contributed by atoms with Gasteiger partial charge in [-0.2, -0.15) is 0 Å². The number of aromatic hydroxyl groups is 1. The summed E-state index contributed by atoms with van der Waals surface area (Å²) in [6, 6.07) is 6.95. The van der Waals surface area contributed by atoms with Crippen molar-refractivity contribution in [2.75, 3.05) is 11.9 Å². The van der Waals surface area contributed by atoms with Crippen LogP contribution in [0.5, 0.6) is 5.75 Å². The smallest absolute Gasteiger partial charge is 0.229 e. The zero-order chi connectivity index (χ0) is 14.8. The third-order valence-electron chi connectivity index (χ3n) is 5.44. The van der Waals surface area contributed by atoms with Gasteiger partial charge in [-0.3, -0.25) is 4.79 Å². The maximum Gasteiger partial charge on any atom is 0.229 e. The summed E-state index contributed by atoms with van der Waals surface area (Å²) in [5.74, 6) is 2.22. The number of fused-ring (bicyclic) bond motifs is 1. The molecule has 2 saturated carbocycles.